The maximum atomic E-state index is 12.8. The second-order valence-corrected chi connectivity index (χ2v) is 11.4. The van der Waals surface area contributed by atoms with Gasteiger partial charge in [0.1, 0.15) is 11.4 Å². The Hall–Kier alpha value is -3.58. The van der Waals surface area contributed by atoms with Gasteiger partial charge in [-0.2, -0.15) is 0 Å². The Labute approximate surface area is 234 Å². The molecule has 2 fully saturated rings. The van der Waals surface area contributed by atoms with Crippen molar-refractivity contribution in [2.75, 3.05) is 24.5 Å². The van der Waals surface area contributed by atoms with Crippen molar-refractivity contribution in [3.05, 3.63) is 52.5 Å². The van der Waals surface area contributed by atoms with Gasteiger partial charge in [0.2, 0.25) is 5.69 Å². The van der Waals surface area contributed by atoms with Crippen LogP contribution in [0.25, 0.3) is 4.85 Å². The molecule has 1 atom stereocenters. The van der Waals surface area contributed by atoms with Crippen molar-refractivity contribution in [2.45, 2.75) is 77.2 Å². The number of carbonyl (C=O) groups is 2. The van der Waals surface area contributed by atoms with E-state index >= 15 is 0 Å². The van der Waals surface area contributed by atoms with Crippen molar-refractivity contribution >= 4 is 35.1 Å². The van der Waals surface area contributed by atoms with Gasteiger partial charge in [-0.05, 0) is 77.6 Å². The predicted octanol–water partition coefficient (Wildman–Crippen LogP) is 5.25. The summed E-state index contributed by atoms with van der Waals surface area (Å²) in [4.78, 5) is 32.4. The second kappa shape index (κ2) is 12.1. The average Bonchev–Trinajstić information content (AvgIpc) is 2.89. The van der Waals surface area contributed by atoms with Crippen LogP contribution in [0.5, 0.6) is 5.75 Å². The van der Waals surface area contributed by atoms with Crippen LogP contribution in [-0.2, 0) is 4.74 Å². The number of anilines is 1. The molecular weight excluding hydrogens is 520 g/mol. The van der Waals surface area contributed by atoms with Crippen molar-refractivity contribution in [3.8, 4) is 5.75 Å². The zero-order valence-electron chi connectivity index (χ0n) is 22.8. The molecule has 1 saturated heterocycles. The summed E-state index contributed by atoms with van der Waals surface area (Å²) >= 11 is 6.11. The van der Waals surface area contributed by atoms with Gasteiger partial charge in [0.05, 0.1) is 17.7 Å². The molecule has 2 aliphatic rings. The highest BCUT2D eigenvalue weighted by Crippen LogP contribution is 2.31. The third kappa shape index (κ3) is 7.51. The lowest BCUT2D eigenvalue weighted by Crippen LogP contribution is -2.54. The number of aromatic nitrogens is 2. The molecule has 0 spiro atoms. The van der Waals surface area contributed by atoms with Gasteiger partial charge in [0.15, 0.2) is 11.5 Å². The lowest BCUT2D eigenvalue weighted by Gasteiger charge is -2.40. The van der Waals surface area contributed by atoms with Crippen LogP contribution in [0, 0.1) is 6.57 Å². The number of amides is 2. The molecule has 1 aliphatic carbocycles. The van der Waals surface area contributed by atoms with Crippen LogP contribution in [0.3, 0.4) is 0 Å². The van der Waals surface area contributed by atoms with E-state index in [1.165, 1.54) is 0 Å². The minimum atomic E-state index is -0.534. The first kappa shape index (κ1) is 28.4. The van der Waals surface area contributed by atoms with E-state index in [0.717, 1.165) is 25.7 Å². The number of hydrogen-bond donors (Lipinski definition) is 1. The minimum absolute atomic E-state index is 0.0271. The van der Waals surface area contributed by atoms with Gasteiger partial charge in [-0.15, -0.1) is 10.2 Å². The van der Waals surface area contributed by atoms with E-state index in [-0.39, 0.29) is 35.9 Å². The van der Waals surface area contributed by atoms with Crippen molar-refractivity contribution in [3.63, 3.8) is 0 Å². The monoisotopic (exact) mass is 554 g/mol. The van der Waals surface area contributed by atoms with E-state index < -0.39 is 5.60 Å². The van der Waals surface area contributed by atoms with E-state index in [4.69, 9.17) is 27.6 Å². The number of benzene rings is 1. The Kier molecular flexibility index (Phi) is 8.80. The third-order valence-corrected chi connectivity index (χ3v) is 7.11. The molecule has 1 saturated carbocycles. The predicted molar refractivity (Wildman–Crippen MR) is 148 cm³/mol. The van der Waals surface area contributed by atoms with Crippen molar-refractivity contribution in [1.29, 1.82) is 0 Å². The van der Waals surface area contributed by atoms with Crippen LogP contribution in [0.2, 0.25) is 5.02 Å². The molecular formula is C28H35ClN6O4. The molecule has 2 amide bonds. The van der Waals surface area contributed by atoms with Crippen molar-refractivity contribution < 1.29 is 19.1 Å². The molecule has 2 heterocycles. The lowest BCUT2D eigenvalue weighted by atomic mass is 9.93. The molecule has 39 heavy (non-hydrogen) atoms. The highest BCUT2D eigenvalue weighted by Gasteiger charge is 2.31. The molecule has 1 aromatic heterocycles. The third-order valence-electron chi connectivity index (χ3n) is 6.81. The molecule has 0 radical (unpaired) electrons. The van der Waals surface area contributed by atoms with Gasteiger partial charge >= 0.3 is 6.09 Å². The van der Waals surface area contributed by atoms with Crippen LogP contribution >= 0.6 is 11.6 Å². The van der Waals surface area contributed by atoms with Gasteiger partial charge in [-0.1, -0.05) is 17.7 Å². The quantitative estimate of drug-likeness (QED) is 0.504. The number of nitrogens with zero attached hydrogens (tertiary/aromatic N) is 5. The molecule has 208 valence electrons. The molecule has 10 nitrogen and oxygen atoms in total. The summed E-state index contributed by atoms with van der Waals surface area (Å²) in [6, 6.07) is 8.65. The summed E-state index contributed by atoms with van der Waals surface area (Å²) in [5.74, 6) is 1.07. The smallest absolute Gasteiger partial charge is 0.410 e. The van der Waals surface area contributed by atoms with Crippen molar-refractivity contribution in [1.82, 2.24) is 20.4 Å². The number of carbonyl (C=O) groups excluding carboxylic acids is 2. The zero-order valence-corrected chi connectivity index (χ0v) is 23.6. The largest absolute Gasteiger partial charge is 0.490 e. The van der Waals surface area contributed by atoms with E-state index in [0.29, 0.717) is 41.9 Å². The molecule has 11 heteroatoms. The minimum Gasteiger partial charge on any atom is -0.490 e. The fraction of sp³-hybridized carbons (Fsp3) is 0.536. The first-order valence-corrected chi connectivity index (χ1v) is 13.6. The first-order valence-electron chi connectivity index (χ1n) is 13.2. The fourth-order valence-electron chi connectivity index (χ4n) is 4.82. The normalized spacial score (nSPS) is 21.6. The fourth-order valence-corrected chi connectivity index (χ4v) is 5.03. The summed E-state index contributed by atoms with van der Waals surface area (Å²) < 4.78 is 11.5. The molecule has 4 rings (SSSR count). The molecule has 1 aliphatic heterocycles. The topological polar surface area (TPSA) is 101 Å². The Bertz CT molecular complexity index is 1220. The van der Waals surface area contributed by atoms with Gasteiger partial charge in [-0.25, -0.2) is 9.64 Å². The molecule has 0 unspecified atom stereocenters. The second-order valence-electron chi connectivity index (χ2n) is 11.0. The van der Waals surface area contributed by atoms with Gasteiger partial charge in [0, 0.05) is 31.7 Å². The number of piperazine rings is 1. The molecule has 1 N–H and O–H groups in total. The van der Waals surface area contributed by atoms with E-state index in [2.05, 4.69) is 25.3 Å². The highest BCUT2D eigenvalue weighted by atomic mass is 35.5. The highest BCUT2D eigenvalue weighted by molar-refractivity contribution is 6.33. The van der Waals surface area contributed by atoms with E-state index in [1.807, 2.05) is 27.7 Å². The number of rotatable bonds is 5. The number of ether oxygens (including phenoxy) is 2. The maximum Gasteiger partial charge on any atom is 0.410 e. The number of hydrogen-bond acceptors (Lipinski definition) is 7. The molecule has 0 bridgehead atoms. The summed E-state index contributed by atoms with van der Waals surface area (Å²) in [6.45, 7) is 16.3. The average molecular weight is 555 g/mol. The first-order chi connectivity index (χ1) is 18.5. The van der Waals surface area contributed by atoms with Gasteiger partial charge in [0.25, 0.3) is 5.91 Å². The van der Waals surface area contributed by atoms with E-state index in [9.17, 15) is 9.59 Å². The van der Waals surface area contributed by atoms with Crippen LogP contribution in [0.1, 0.15) is 63.9 Å². The van der Waals surface area contributed by atoms with E-state index in [1.54, 1.807) is 35.2 Å². The lowest BCUT2D eigenvalue weighted by molar-refractivity contribution is 0.0218. The van der Waals surface area contributed by atoms with Crippen LogP contribution in [-0.4, -0.2) is 70.5 Å². The standard InChI is InChI=1S/C28H35ClN6O4/c1-18-17-34(27(37)39-28(2,3)4)14-15-35(18)25-13-12-24(32-33-25)26(36)31-19-6-8-20(9-7-19)38-21-10-11-23(30-5)22(29)16-21/h10-13,16,18-20H,6-9,14-15,17H2,1-4H3,(H,31,36)/t18-,19?,20?/m1/s1. The Morgan fingerprint density at radius 1 is 1.10 bits per heavy atom. The van der Waals surface area contributed by atoms with Crippen LogP contribution in [0.4, 0.5) is 16.3 Å². The van der Waals surface area contributed by atoms with Gasteiger partial charge < -0.3 is 24.6 Å². The summed E-state index contributed by atoms with van der Waals surface area (Å²) in [5.41, 5.74) is 0.141. The molecule has 1 aromatic carbocycles. The van der Waals surface area contributed by atoms with Crippen molar-refractivity contribution in [2.24, 2.45) is 0 Å². The van der Waals surface area contributed by atoms with Crippen LogP contribution < -0.4 is 15.0 Å². The Morgan fingerprint density at radius 2 is 1.85 bits per heavy atom. The Morgan fingerprint density at radius 3 is 2.44 bits per heavy atom. The van der Waals surface area contributed by atoms with Crippen LogP contribution in [0.15, 0.2) is 30.3 Å². The maximum absolute atomic E-state index is 12.8. The zero-order chi connectivity index (χ0) is 28.2. The SMILES string of the molecule is [C-]#[N+]c1ccc(OC2CCC(NC(=O)c3ccc(N4CCN(C(=O)OC(C)(C)C)C[C@H]4C)nn3)CC2)cc1Cl. The number of nitrogens with one attached hydrogen (secondary N) is 1. The summed E-state index contributed by atoms with van der Waals surface area (Å²) in [7, 11) is 0. The Balaban J connectivity index is 1.24. The molecule has 2 aromatic rings. The number of halogens is 1. The summed E-state index contributed by atoms with van der Waals surface area (Å²) in [5, 5.41) is 11.9. The van der Waals surface area contributed by atoms with Gasteiger partial charge in [-0.3, -0.25) is 4.79 Å². The summed E-state index contributed by atoms with van der Waals surface area (Å²) in [6.07, 6.45) is 2.89.